The van der Waals surface area contributed by atoms with Crippen LogP contribution < -0.4 is 0 Å². The van der Waals surface area contributed by atoms with Gasteiger partial charge < -0.3 is 4.90 Å². The summed E-state index contributed by atoms with van der Waals surface area (Å²) < 4.78 is 0. The molecule has 1 unspecified atom stereocenters. The lowest BCUT2D eigenvalue weighted by atomic mass is 9.85. The van der Waals surface area contributed by atoms with Crippen LogP contribution in [0.25, 0.3) is 0 Å². The lowest BCUT2D eigenvalue weighted by molar-refractivity contribution is -0.130. The monoisotopic (exact) mass is 239 g/mol. The molecule has 1 saturated heterocycles. The number of carbonyl (C=O) groups is 1. The third kappa shape index (κ3) is 5.10. The highest BCUT2D eigenvalue weighted by atomic mass is 16.2. The van der Waals surface area contributed by atoms with Crippen LogP contribution in [0, 0.1) is 11.3 Å². The summed E-state index contributed by atoms with van der Waals surface area (Å²) in [5, 5.41) is 0. The fraction of sp³-hybridized carbons (Fsp3) is 0.933. The second kappa shape index (κ2) is 5.88. The van der Waals surface area contributed by atoms with Crippen molar-refractivity contribution in [2.75, 3.05) is 6.54 Å². The average molecular weight is 239 g/mol. The van der Waals surface area contributed by atoms with Gasteiger partial charge >= 0.3 is 0 Å². The molecule has 0 spiro atoms. The molecule has 0 aromatic rings. The molecule has 0 bridgehead atoms. The van der Waals surface area contributed by atoms with Gasteiger partial charge in [-0.2, -0.15) is 0 Å². The summed E-state index contributed by atoms with van der Waals surface area (Å²) in [6, 6.07) is 0.465. The maximum absolute atomic E-state index is 11.9. The zero-order chi connectivity index (χ0) is 13.1. The van der Waals surface area contributed by atoms with Crippen molar-refractivity contribution >= 4 is 5.91 Å². The van der Waals surface area contributed by atoms with E-state index in [0.29, 0.717) is 17.4 Å². The molecule has 100 valence electrons. The van der Waals surface area contributed by atoms with Gasteiger partial charge in [0.15, 0.2) is 0 Å². The molecule has 0 aliphatic carbocycles. The summed E-state index contributed by atoms with van der Waals surface area (Å²) in [7, 11) is 0. The van der Waals surface area contributed by atoms with E-state index in [9.17, 15) is 4.79 Å². The van der Waals surface area contributed by atoms with Gasteiger partial charge in [0.25, 0.3) is 0 Å². The first-order valence-electron chi connectivity index (χ1n) is 7.09. The van der Waals surface area contributed by atoms with Crippen LogP contribution in [-0.4, -0.2) is 23.4 Å². The van der Waals surface area contributed by atoms with Crippen molar-refractivity contribution < 1.29 is 4.79 Å². The van der Waals surface area contributed by atoms with Gasteiger partial charge in [0.05, 0.1) is 0 Å². The largest absolute Gasteiger partial charge is 0.340 e. The molecule has 1 amide bonds. The molecule has 0 saturated carbocycles. The van der Waals surface area contributed by atoms with E-state index in [1.165, 1.54) is 12.8 Å². The summed E-state index contributed by atoms with van der Waals surface area (Å²) in [5.74, 6) is 1.11. The Morgan fingerprint density at radius 1 is 1.24 bits per heavy atom. The topological polar surface area (TPSA) is 20.3 Å². The van der Waals surface area contributed by atoms with E-state index in [1.807, 2.05) is 0 Å². The summed E-state index contributed by atoms with van der Waals surface area (Å²) >= 11 is 0. The second-order valence-corrected chi connectivity index (χ2v) is 7.08. The Balaban J connectivity index is 2.61. The average Bonchev–Trinajstić information content (AvgIpc) is 2.57. The molecule has 2 nitrogen and oxygen atoms in total. The quantitative estimate of drug-likeness (QED) is 0.713. The molecule has 0 N–H and O–H groups in total. The Morgan fingerprint density at radius 2 is 1.88 bits per heavy atom. The number of hydrogen-bond acceptors (Lipinski definition) is 1. The first-order valence-corrected chi connectivity index (χ1v) is 7.09. The standard InChI is InChI=1S/C15H29NO/c1-12(2)8-9-13(11-15(3,4)5)16-10-6-7-14(16)17/h12-13H,6-11H2,1-5H3. The van der Waals surface area contributed by atoms with E-state index in [2.05, 4.69) is 39.5 Å². The summed E-state index contributed by atoms with van der Waals surface area (Å²) in [6.45, 7) is 12.3. The summed E-state index contributed by atoms with van der Waals surface area (Å²) in [4.78, 5) is 14.0. The predicted molar refractivity (Wildman–Crippen MR) is 72.9 cm³/mol. The van der Waals surface area contributed by atoms with Gasteiger partial charge in [-0.15, -0.1) is 0 Å². The van der Waals surface area contributed by atoms with Crippen LogP contribution in [0.3, 0.4) is 0 Å². The minimum Gasteiger partial charge on any atom is -0.340 e. The maximum Gasteiger partial charge on any atom is 0.222 e. The number of rotatable bonds is 5. The highest BCUT2D eigenvalue weighted by molar-refractivity contribution is 5.78. The van der Waals surface area contributed by atoms with Crippen molar-refractivity contribution in [3.05, 3.63) is 0 Å². The molecule has 1 rings (SSSR count). The zero-order valence-corrected chi connectivity index (χ0v) is 12.3. The summed E-state index contributed by atoms with van der Waals surface area (Å²) in [6.07, 6.45) is 5.35. The number of likely N-dealkylation sites (tertiary alicyclic amines) is 1. The van der Waals surface area contributed by atoms with E-state index in [-0.39, 0.29) is 0 Å². The maximum atomic E-state index is 11.9. The van der Waals surface area contributed by atoms with Crippen LogP contribution in [0.15, 0.2) is 0 Å². The van der Waals surface area contributed by atoms with E-state index in [1.54, 1.807) is 0 Å². The van der Waals surface area contributed by atoms with Crippen molar-refractivity contribution in [3.63, 3.8) is 0 Å². The van der Waals surface area contributed by atoms with Crippen LogP contribution in [-0.2, 0) is 4.79 Å². The molecule has 1 aliphatic heterocycles. The molecular formula is C15H29NO. The molecule has 0 radical (unpaired) electrons. The van der Waals surface area contributed by atoms with Gasteiger partial charge in [0.1, 0.15) is 0 Å². The highest BCUT2D eigenvalue weighted by Crippen LogP contribution is 2.29. The van der Waals surface area contributed by atoms with E-state index >= 15 is 0 Å². The molecule has 1 fully saturated rings. The molecule has 0 aromatic heterocycles. The minimum absolute atomic E-state index is 0.310. The van der Waals surface area contributed by atoms with Crippen LogP contribution in [0.2, 0.25) is 0 Å². The molecular weight excluding hydrogens is 210 g/mol. The number of hydrogen-bond donors (Lipinski definition) is 0. The van der Waals surface area contributed by atoms with E-state index < -0.39 is 0 Å². The van der Waals surface area contributed by atoms with Gasteiger partial charge in [-0.25, -0.2) is 0 Å². The zero-order valence-electron chi connectivity index (χ0n) is 12.3. The van der Waals surface area contributed by atoms with Gasteiger partial charge in [-0.3, -0.25) is 4.79 Å². The van der Waals surface area contributed by atoms with Crippen molar-refractivity contribution in [1.82, 2.24) is 4.90 Å². The van der Waals surface area contributed by atoms with Crippen molar-refractivity contribution in [1.29, 1.82) is 0 Å². The lowest BCUT2D eigenvalue weighted by Crippen LogP contribution is -2.39. The van der Waals surface area contributed by atoms with Crippen molar-refractivity contribution in [2.45, 2.75) is 72.8 Å². The molecule has 1 aliphatic rings. The number of carbonyl (C=O) groups excluding carboxylic acids is 1. The normalized spacial score (nSPS) is 19.2. The fourth-order valence-corrected chi connectivity index (χ4v) is 2.66. The molecule has 0 aromatic carbocycles. The Bertz CT molecular complexity index is 252. The van der Waals surface area contributed by atoms with Gasteiger partial charge in [-0.1, -0.05) is 34.6 Å². The predicted octanol–water partition coefficient (Wildman–Crippen LogP) is 3.85. The Kier molecular flexibility index (Phi) is 5.03. The number of amides is 1. The van der Waals surface area contributed by atoms with Gasteiger partial charge in [0, 0.05) is 19.0 Å². The molecule has 17 heavy (non-hydrogen) atoms. The first-order chi connectivity index (χ1) is 7.79. The molecule has 1 heterocycles. The SMILES string of the molecule is CC(C)CCC(CC(C)(C)C)N1CCCC1=O. The molecule has 2 heteroatoms. The van der Waals surface area contributed by atoms with Crippen LogP contribution in [0.4, 0.5) is 0 Å². The summed E-state index contributed by atoms with van der Waals surface area (Å²) in [5.41, 5.74) is 0.310. The second-order valence-electron chi connectivity index (χ2n) is 7.08. The number of nitrogens with zero attached hydrogens (tertiary/aromatic N) is 1. The van der Waals surface area contributed by atoms with Gasteiger partial charge in [-0.05, 0) is 37.0 Å². The highest BCUT2D eigenvalue weighted by Gasteiger charge is 2.30. The Labute approximate surface area is 107 Å². The van der Waals surface area contributed by atoms with Crippen LogP contribution >= 0.6 is 0 Å². The molecule has 1 atom stereocenters. The minimum atomic E-state index is 0.310. The van der Waals surface area contributed by atoms with Crippen molar-refractivity contribution in [2.24, 2.45) is 11.3 Å². The Morgan fingerprint density at radius 3 is 2.29 bits per heavy atom. The van der Waals surface area contributed by atoms with Crippen LogP contribution in [0.5, 0.6) is 0 Å². The lowest BCUT2D eigenvalue weighted by Gasteiger charge is -2.33. The van der Waals surface area contributed by atoms with Gasteiger partial charge in [0.2, 0.25) is 5.91 Å². The van der Waals surface area contributed by atoms with E-state index in [0.717, 1.165) is 31.7 Å². The third-order valence-electron chi connectivity index (χ3n) is 3.48. The smallest absolute Gasteiger partial charge is 0.222 e. The van der Waals surface area contributed by atoms with E-state index in [4.69, 9.17) is 0 Å². The first kappa shape index (κ1) is 14.5. The van der Waals surface area contributed by atoms with Crippen molar-refractivity contribution in [3.8, 4) is 0 Å². The van der Waals surface area contributed by atoms with Crippen LogP contribution in [0.1, 0.15) is 66.7 Å². The Hall–Kier alpha value is -0.530. The fourth-order valence-electron chi connectivity index (χ4n) is 2.66. The third-order valence-corrected chi connectivity index (χ3v) is 3.48.